The lowest BCUT2D eigenvalue weighted by atomic mass is 10.1. The normalized spacial score (nSPS) is 12.7. The molecule has 5 nitrogen and oxygen atoms in total. The summed E-state index contributed by atoms with van der Waals surface area (Å²) in [4.78, 5) is 18.2. The van der Waals surface area contributed by atoms with E-state index in [0.717, 1.165) is 26.7 Å². The van der Waals surface area contributed by atoms with Gasteiger partial charge in [0.05, 0.1) is 15.1 Å². The van der Waals surface area contributed by atoms with Crippen LogP contribution in [0.3, 0.4) is 0 Å². The number of benzene rings is 3. The van der Waals surface area contributed by atoms with Crippen molar-refractivity contribution in [3.05, 3.63) is 71.0 Å². The summed E-state index contributed by atoms with van der Waals surface area (Å²) < 4.78 is 26.6. The summed E-state index contributed by atoms with van der Waals surface area (Å²) in [7, 11) is -3.31. The molecule has 1 amide bonds. The van der Waals surface area contributed by atoms with E-state index in [0.29, 0.717) is 16.9 Å². The van der Waals surface area contributed by atoms with E-state index in [9.17, 15) is 13.2 Å². The topological polar surface area (TPSA) is 68.5 Å². The minimum absolute atomic E-state index is 0.265. The van der Waals surface area contributed by atoms with Crippen molar-refractivity contribution in [2.24, 2.45) is 4.99 Å². The Kier molecular flexibility index (Phi) is 5.81. The van der Waals surface area contributed by atoms with Gasteiger partial charge in [-0.15, -0.1) is 0 Å². The molecule has 8 heteroatoms. The maximum Gasteiger partial charge on any atom is 0.279 e. The molecular formula is C22H20N2O3S3. The zero-order valence-corrected chi connectivity index (χ0v) is 19.0. The summed E-state index contributed by atoms with van der Waals surface area (Å²) >= 11 is 3.04. The van der Waals surface area contributed by atoms with Crippen LogP contribution in [0, 0.1) is 0 Å². The molecule has 0 unspecified atom stereocenters. The van der Waals surface area contributed by atoms with Crippen molar-refractivity contribution in [3.63, 3.8) is 0 Å². The number of carbonyl (C=O) groups excluding carboxylic acids is 1. The van der Waals surface area contributed by atoms with Crippen LogP contribution >= 0.6 is 23.1 Å². The predicted octanol–water partition coefficient (Wildman–Crippen LogP) is 4.36. The first kappa shape index (κ1) is 20.8. The second kappa shape index (κ2) is 8.37. The number of thioether (sulfide) groups is 1. The van der Waals surface area contributed by atoms with Crippen molar-refractivity contribution >= 4 is 59.8 Å². The van der Waals surface area contributed by atoms with Crippen molar-refractivity contribution in [2.75, 3.05) is 18.3 Å². The Morgan fingerprint density at radius 2 is 1.83 bits per heavy atom. The second-order valence-corrected chi connectivity index (χ2v) is 10.9. The van der Waals surface area contributed by atoms with Gasteiger partial charge in [-0.2, -0.15) is 16.8 Å². The maximum atomic E-state index is 12.9. The van der Waals surface area contributed by atoms with Crippen molar-refractivity contribution in [1.29, 1.82) is 0 Å². The van der Waals surface area contributed by atoms with Crippen LogP contribution in [0.2, 0.25) is 0 Å². The van der Waals surface area contributed by atoms with Gasteiger partial charge in [0.1, 0.15) is 0 Å². The summed E-state index contributed by atoms with van der Waals surface area (Å²) in [5.74, 6) is 0.547. The Morgan fingerprint density at radius 1 is 1.07 bits per heavy atom. The summed E-state index contributed by atoms with van der Waals surface area (Å²) in [5, 5.41) is 2.06. The fraction of sp³-hybridized carbons (Fsp3) is 0.182. The quantitative estimate of drug-likeness (QED) is 0.447. The molecule has 3 aromatic carbocycles. The van der Waals surface area contributed by atoms with E-state index in [1.54, 1.807) is 36.0 Å². The summed E-state index contributed by atoms with van der Waals surface area (Å²) in [6.45, 7) is 0.684. The predicted molar refractivity (Wildman–Crippen MR) is 125 cm³/mol. The molecule has 4 aromatic rings. The highest BCUT2D eigenvalue weighted by molar-refractivity contribution is 7.98. The van der Waals surface area contributed by atoms with Crippen LogP contribution in [0.4, 0.5) is 0 Å². The van der Waals surface area contributed by atoms with Gasteiger partial charge >= 0.3 is 0 Å². The molecule has 1 heterocycles. The summed E-state index contributed by atoms with van der Waals surface area (Å²) in [6, 6.07) is 18.5. The number of fused-ring (bicyclic) bond motifs is 2. The van der Waals surface area contributed by atoms with Gasteiger partial charge in [0.25, 0.3) is 5.91 Å². The largest absolute Gasteiger partial charge is 0.316 e. The molecule has 0 aliphatic rings. The number of hydrogen-bond donors (Lipinski definition) is 0. The van der Waals surface area contributed by atoms with E-state index in [1.165, 1.54) is 17.6 Å². The lowest BCUT2D eigenvalue weighted by Crippen LogP contribution is -2.18. The van der Waals surface area contributed by atoms with Crippen LogP contribution < -0.4 is 4.80 Å². The molecular weight excluding hydrogens is 436 g/mol. The Labute approximate surface area is 183 Å². The Balaban J connectivity index is 1.83. The first-order valence-electron chi connectivity index (χ1n) is 9.27. The number of thiazole rings is 1. The Bertz CT molecular complexity index is 1430. The standard InChI is InChI=1S/C22H20N2O3S3/c1-28-12-11-24-19-10-9-18(30(2,26)27)14-20(19)29-22(24)23-21(25)17-8-7-15-5-3-4-6-16(15)13-17/h3-10,13-14H,11-12H2,1-2H3. The number of amides is 1. The van der Waals surface area contributed by atoms with Gasteiger partial charge in [-0.05, 0) is 47.4 Å². The van der Waals surface area contributed by atoms with E-state index in [-0.39, 0.29) is 10.8 Å². The van der Waals surface area contributed by atoms with Crippen molar-refractivity contribution in [1.82, 2.24) is 4.57 Å². The Morgan fingerprint density at radius 3 is 2.57 bits per heavy atom. The van der Waals surface area contributed by atoms with Crippen LogP contribution in [0.15, 0.2) is 70.6 Å². The van der Waals surface area contributed by atoms with Crippen molar-refractivity contribution in [2.45, 2.75) is 11.4 Å². The molecule has 0 radical (unpaired) electrons. The highest BCUT2D eigenvalue weighted by Crippen LogP contribution is 2.22. The number of nitrogens with zero attached hydrogens (tertiary/aromatic N) is 2. The van der Waals surface area contributed by atoms with E-state index in [4.69, 9.17) is 0 Å². The fourth-order valence-corrected chi connectivity index (χ4v) is 5.42. The van der Waals surface area contributed by atoms with Crippen LogP contribution in [0.25, 0.3) is 21.0 Å². The number of sulfone groups is 1. The van der Waals surface area contributed by atoms with Gasteiger partial charge in [-0.1, -0.05) is 41.7 Å². The molecule has 30 heavy (non-hydrogen) atoms. The van der Waals surface area contributed by atoms with Crippen LogP contribution in [0.5, 0.6) is 0 Å². The van der Waals surface area contributed by atoms with Crippen molar-refractivity contribution < 1.29 is 13.2 Å². The van der Waals surface area contributed by atoms with E-state index in [2.05, 4.69) is 4.99 Å². The lowest BCUT2D eigenvalue weighted by molar-refractivity contribution is 0.0998. The van der Waals surface area contributed by atoms with Crippen molar-refractivity contribution in [3.8, 4) is 0 Å². The number of rotatable bonds is 5. The van der Waals surface area contributed by atoms with E-state index >= 15 is 0 Å². The first-order chi connectivity index (χ1) is 14.4. The molecule has 0 saturated heterocycles. The number of hydrogen-bond acceptors (Lipinski definition) is 5. The van der Waals surface area contributed by atoms with Crippen LogP contribution in [-0.4, -0.2) is 37.2 Å². The fourth-order valence-electron chi connectivity index (χ4n) is 3.24. The van der Waals surface area contributed by atoms with Crippen LogP contribution in [0.1, 0.15) is 10.4 Å². The third-order valence-electron chi connectivity index (χ3n) is 4.79. The third kappa shape index (κ3) is 4.21. The molecule has 0 spiro atoms. The Hall–Kier alpha value is -2.42. The zero-order valence-electron chi connectivity index (χ0n) is 16.5. The average molecular weight is 457 g/mol. The summed E-state index contributed by atoms with van der Waals surface area (Å²) in [6.07, 6.45) is 3.21. The van der Waals surface area contributed by atoms with Gasteiger partial charge in [-0.3, -0.25) is 4.79 Å². The minimum Gasteiger partial charge on any atom is -0.316 e. The summed E-state index contributed by atoms with van der Waals surface area (Å²) in [5.41, 5.74) is 1.41. The van der Waals surface area contributed by atoms with Gasteiger partial charge in [0.2, 0.25) is 0 Å². The smallest absolute Gasteiger partial charge is 0.279 e. The molecule has 0 bridgehead atoms. The monoisotopic (exact) mass is 456 g/mol. The molecule has 154 valence electrons. The molecule has 0 N–H and O–H groups in total. The molecule has 0 saturated carbocycles. The molecule has 0 aliphatic heterocycles. The highest BCUT2D eigenvalue weighted by atomic mass is 32.2. The SMILES string of the molecule is CSCCn1c(=NC(=O)c2ccc3ccccc3c2)sc2cc(S(C)(=O)=O)ccc21. The number of aryl methyl sites for hydroxylation is 1. The zero-order chi connectivity index (χ0) is 21.3. The van der Waals surface area contributed by atoms with Gasteiger partial charge in [0.15, 0.2) is 14.6 Å². The first-order valence-corrected chi connectivity index (χ1v) is 13.4. The third-order valence-corrected chi connectivity index (χ3v) is 7.54. The number of carbonyl (C=O) groups is 1. The van der Waals surface area contributed by atoms with Gasteiger partial charge in [-0.25, -0.2) is 8.42 Å². The average Bonchev–Trinajstić information content (AvgIpc) is 3.07. The molecule has 4 rings (SSSR count). The number of aromatic nitrogens is 1. The molecule has 0 fully saturated rings. The highest BCUT2D eigenvalue weighted by Gasteiger charge is 2.13. The maximum absolute atomic E-state index is 12.9. The lowest BCUT2D eigenvalue weighted by Gasteiger charge is -2.05. The van der Waals surface area contributed by atoms with E-state index < -0.39 is 9.84 Å². The van der Waals surface area contributed by atoms with E-state index in [1.807, 2.05) is 47.2 Å². The molecule has 0 aliphatic carbocycles. The minimum atomic E-state index is -3.31. The second-order valence-electron chi connectivity index (χ2n) is 6.91. The van der Waals surface area contributed by atoms with Gasteiger partial charge < -0.3 is 4.57 Å². The van der Waals surface area contributed by atoms with Crippen LogP contribution in [-0.2, 0) is 16.4 Å². The van der Waals surface area contributed by atoms with Gasteiger partial charge in [0, 0.05) is 24.1 Å². The molecule has 1 aromatic heterocycles. The molecule has 0 atom stereocenters.